The quantitative estimate of drug-likeness (QED) is 0.0222. The Morgan fingerprint density at radius 1 is 0.304 bits per heavy atom. The third kappa shape index (κ3) is 65.4. The molecule has 19 heteroatoms. The molecule has 0 spiro atoms. The van der Waals surface area contributed by atoms with Crippen LogP contribution >= 0.6 is 15.6 Å². The Balaban J connectivity index is 5.24. The minimum absolute atomic E-state index is 0.104. The van der Waals surface area contributed by atoms with Crippen molar-refractivity contribution in [1.29, 1.82) is 0 Å². The zero-order chi connectivity index (χ0) is 68.2. The molecule has 0 aliphatic rings. The van der Waals surface area contributed by atoms with Crippen LogP contribution in [0.1, 0.15) is 364 Å². The van der Waals surface area contributed by atoms with E-state index < -0.39 is 97.5 Å². The number of phosphoric ester groups is 2. The summed E-state index contributed by atoms with van der Waals surface area (Å²) in [6, 6.07) is 0. The second kappa shape index (κ2) is 62.6. The van der Waals surface area contributed by atoms with Gasteiger partial charge in [0.15, 0.2) is 12.2 Å². The van der Waals surface area contributed by atoms with E-state index in [0.717, 1.165) is 114 Å². The van der Waals surface area contributed by atoms with Gasteiger partial charge in [0.25, 0.3) is 0 Å². The van der Waals surface area contributed by atoms with Crippen LogP contribution in [-0.2, 0) is 65.4 Å². The first-order valence-corrected chi connectivity index (χ1v) is 40.7. The highest BCUT2D eigenvalue weighted by Crippen LogP contribution is 2.45. The summed E-state index contributed by atoms with van der Waals surface area (Å²) >= 11 is 0. The molecule has 0 fully saturated rings. The SMILES string of the molecule is CCC(C)CCCCCCCCCCCCCCCCC(=O)O[C@H](COC(=O)CCCCCCCCCCCCC(C)C)COP(=O)(O)OC[C@@H](O)COP(=O)(O)OC[C@@H](COC(=O)CCCCCCCCC(C)C)OC(=O)CCCCCCCCCCCC(C)C. The summed E-state index contributed by atoms with van der Waals surface area (Å²) in [5.74, 6) is 0.893. The van der Waals surface area contributed by atoms with Crippen LogP contribution in [0.4, 0.5) is 0 Å². The number of ether oxygens (including phenoxy) is 4. The molecule has 0 bridgehead atoms. The topological polar surface area (TPSA) is 237 Å². The van der Waals surface area contributed by atoms with Gasteiger partial charge in [-0.1, -0.05) is 312 Å². The molecule has 0 saturated heterocycles. The lowest BCUT2D eigenvalue weighted by Crippen LogP contribution is -2.30. The van der Waals surface area contributed by atoms with Gasteiger partial charge in [0.05, 0.1) is 26.4 Å². The average Bonchev–Trinajstić information content (AvgIpc) is 2.32. The summed E-state index contributed by atoms with van der Waals surface area (Å²) in [6.45, 7) is 14.1. The van der Waals surface area contributed by atoms with Crippen molar-refractivity contribution < 1.29 is 80.2 Å². The maximum absolute atomic E-state index is 13.1. The number of phosphoric acid groups is 2. The molecule has 0 radical (unpaired) electrons. The molecule has 0 saturated carbocycles. The second-order valence-corrected chi connectivity index (χ2v) is 30.9. The molecule has 0 amide bonds. The smallest absolute Gasteiger partial charge is 0.462 e. The van der Waals surface area contributed by atoms with E-state index in [9.17, 15) is 43.2 Å². The zero-order valence-corrected chi connectivity index (χ0v) is 62.0. The van der Waals surface area contributed by atoms with Crippen molar-refractivity contribution in [2.75, 3.05) is 39.6 Å². The number of hydrogen-bond donors (Lipinski definition) is 3. The number of hydrogen-bond acceptors (Lipinski definition) is 15. The molecular weight excluding hydrogens is 1210 g/mol. The predicted molar refractivity (Wildman–Crippen MR) is 372 cm³/mol. The number of aliphatic hydroxyl groups is 1. The van der Waals surface area contributed by atoms with Gasteiger partial charge in [0.2, 0.25) is 0 Å². The van der Waals surface area contributed by atoms with E-state index in [-0.39, 0.29) is 25.7 Å². The second-order valence-electron chi connectivity index (χ2n) is 28.0. The Hall–Kier alpha value is -1.94. The third-order valence-electron chi connectivity index (χ3n) is 17.2. The summed E-state index contributed by atoms with van der Waals surface area (Å²) in [7, 11) is -9.91. The molecule has 6 atom stereocenters. The van der Waals surface area contributed by atoms with Gasteiger partial charge in [-0.2, -0.15) is 0 Å². The summed E-state index contributed by atoms with van der Waals surface area (Å²) in [6.07, 6.45) is 45.9. The fourth-order valence-corrected chi connectivity index (χ4v) is 12.6. The van der Waals surface area contributed by atoms with Crippen LogP contribution in [0, 0.1) is 23.7 Å². The van der Waals surface area contributed by atoms with E-state index in [1.165, 1.54) is 161 Å². The van der Waals surface area contributed by atoms with Gasteiger partial charge < -0.3 is 33.8 Å². The standard InChI is InChI=1S/C73H142O17P2/c1-9-66(8)52-44-36-27-21-14-12-10-11-13-15-23-29-39-47-55-72(77)89-68(59-83-70(75)53-45-37-28-22-17-16-19-25-33-41-49-63(2)3)61-87-91(79,80)85-57-67(74)58-86-92(81,82)88-62-69(60-84-71(76)54-46-38-32-31-35-43-51-65(6)7)90-73(78)56-48-40-30-24-18-20-26-34-42-50-64(4)5/h63-69,74H,9-62H2,1-8H3,(H,79,80)(H,81,82)/t66?,67-,68-,69-/m1/s1. The lowest BCUT2D eigenvalue weighted by Gasteiger charge is -2.21. The molecule has 0 aromatic rings. The number of rotatable bonds is 70. The monoisotopic (exact) mass is 1350 g/mol. The van der Waals surface area contributed by atoms with Gasteiger partial charge in [-0.05, 0) is 49.4 Å². The normalized spacial score (nSPS) is 14.5. The number of unbranched alkanes of at least 4 members (excludes halogenated alkanes) is 35. The summed E-state index contributed by atoms with van der Waals surface area (Å²) < 4.78 is 68.4. The largest absolute Gasteiger partial charge is 0.472 e. The zero-order valence-electron chi connectivity index (χ0n) is 60.2. The summed E-state index contributed by atoms with van der Waals surface area (Å²) in [5.41, 5.74) is 0. The molecule has 0 aromatic carbocycles. The molecule has 92 heavy (non-hydrogen) atoms. The van der Waals surface area contributed by atoms with Crippen LogP contribution in [0.25, 0.3) is 0 Å². The van der Waals surface area contributed by atoms with E-state index in [1.54, 1.807) is 0 Å². The van der Waals surface area contributed by atoms with Crippen LogP contribution < -0.4 is 0 Å². The molecular formula is C73H142O17P2. The molecule has 17 nitrogen and oxygen atoms in total. The molecule has 3 N–H and O–H groups in total. The average molecular weight is 1350 g/mol. The minimum atomic E-state index is -4.96. The van der Waals surface area contributed by atoms with E-state index in [1.807, 2.05) is 0 Å². The first-order valence-electron chi connectivity index (χ1n) is 37.7. The molecule has 0 heterocycles. The van der Waals surface area contributed by atoms with Gasteiger partial charge in [-0.3, -0.25) is 37.3 Å². The summed E-state index contributed by atoms with van der Waals surface area (Å²) in [5, 5.41) is 10.6. The van der Waals surface area contributed by atoms with Gasteiger partial charge in [0.1, 0.15) is 19.3 Å². The first-order chi connectivity index (χ1) is 44.1. The van der Waals surface area contributed by atoms with Crippen molar-refractivity contribution >= 4 is 39.5 Å². The Bertz CT molecular complexity index is 1820. The number of carbonyl (C=O) groups excluding carboxylic acids is 4. The number of carbonyl (C=O) groups is 4. The van der Waals surface area contributed by atoms with Crippen LogP contribution in [0.2, 0.25) is 0 Å². The number of aliphatic hydroxyl groups excluding tert-OH is 1. The van der Waals surface area contributed by atoms with Crippen LogP contribution in [0.5, 0.6) is 0 Å². The highest BCUT2D eigenvalue weighted by atomic mass is 31.2. The van der Waals surface area contributed by atoms with Crippen molar-refractivity contribution in [3.05, 3.63) is 0 Å². The molecule has 0 rings (SSSR count). The van der Waals surface area contributed by atoms with Crippen molar-refractivity contribution in [2.24, 2.45) is 23.7 Å². The van der Waals surface area contributed by atoms with Gasteiger partial charge >= 0.3 is 39.5 Å². The summed E-state index contributed by atoms with van der Waals surface area (Å²) in [4.78, 5) is 72.6. The molecule has 546 valence electrons. The van der Waals surface area contributed by atoms with Crippen molar-refractivity contribution in [1.82, 2.24) is 0 Å². The van der Waals surface area contributed by atoms with Gasteiger partial charge in [0, 0.05) is 25.7 Å². The molecule has 0 aliphatic heterocycles. The third-order valence-corrected chi connectivity index (χ3v) is 19.1. The van der Waals surface area contributed by atoms with Crippen LogP contribution in [0.15, 0.2) is 0 Å². The van der Waals surface area contributed by atoms with Crippen molar-refractivity contribution in [3.8, 4) is 0 Å². The number of esters is 4. The first kappa shape index (κ1) is 90.1. The van der Waals surface area contributed by atoms with E-state index in [4.69, 9.17) is 37.0 Å². The molecule has 0 aromatic heterocycles. The lowest BCUT2D eigenvalue weighted by atomic mass is 9.99. The van der Waals surface area contributed by atoms with Gasteiger partial charge in [-0.15, -0.1) is 0 Å². The fourth-order valence-electron chi connectivity index (χ4n) is 11.0. The van der Waals surface area contributed by atoms with Crippen molar-refractivity contribution in [2.45, 2.75) is 382 Å². The Morgan fingerprint density at radius 2 is 0.522 bits per heavy atom. The van der Waals surface area contributed by atoms with E-state index in [0.29, 0.717) is 31.6 Å². The maximum atomic E-state index is 13.1. The highest BCUT2D eigenvalue weighted by molar-refractivity contribution is 7.47. The van der Waals surface area contributed by atoms with Crippen LogP contribution in [-0.4, -0.2) is 96.7 Å². The lowest BCUT2D eigenvalue weighted by molar-refractivity contribution is -0.161. The Morgan fingerprint density at radius 3 is 0.772 bits per heavy atom. The molecule has 0 aliphatic carbocycles. The maximum Gasteiger partial charge on any atom is 0.472 e. The highest BCUT2D eigenvalue weighted by Gasteiger charge is 2.30. The molecule has 3 unspecified atom stereocenters. The van der Waals surface area contributed by atoms with E-state index >= 15 is 0 Å². The predicted octanol–water partition coefficient (Wildman–Crippen LogP) is 20.9. The fraction of sp³-hybridized carbons (Fsp3) is 0.945. The van der Waals surface area contributed by atoms with E-state index in [2.05, 4.69) is 55.4 Å². The Kier molecular flexibility index (Phi) is 61.3. The van der Waals surface area contributed by atoms with Crippen molar-refractivity contribution in [3.63, 3.8) is 0 Å². The van der Waals surface area contributed by atoms with Crippen LogP contribution in [0.3, 0.4) is 0 Å². The minimum Gasteiger partial charge on any atom is -0.462 e. The Labute approximate surface area is 562 Å². The van der Waals surface area contributed by atoms with Gasteiger partial charge in [-0.25, -0.2) is 9.13 Å².